The number of fused-ring (bicyclic) bond motifs is 2. The molecular weight excluding hydrogens is 360 g/mol. The number of Topliss-reactive ketones (excluding diaryl/α,β-unsaturated/α-hetero) is 3. The highest BCUT2D eigenvalue weighted by atomic mass is 16.3. The minimum Gasteiger partial charge on any atom is -0.507 e. The molecule has 1 atom stereocenters. The number of phenolic OH excluding ortho intramolecular Hbond substituents is 2. The van der Waals surface area contributed by atoms with E-state index in [-0.39, 0.29) is 68.4 Å². The van der Waals surface area contributed by atoms with Crippen LogP contribution in [-0.2, 0) is 0 Å². The number of hydrogen-bond donors (Lipinski definition) is 2. The first-order valence-electron chi connectivity index (χ1n) is 8.79. The average Bonchev–Trinajstić information content (AvgIpc) is 2.64. The van der Waals surface area contributed by atoms with E-state index in [0.29, 0.717) is 0 Å². The molecule has 2 aromatic rings. The molecule has 140 valence electrons. The predicted molar refractivity (Wildman–Crippen MR) is 100 cm³/mol. The fraction of sp³-hybridized carbons (Fsp3) is 0.182. The highest BCUT2D eigenvalue weighted by Crippen LogP contribution is 2.42. The van der Waals surface area contributed by atoms with Crippen LogP contribution in [0.15, 0.2) is 35.9 Å². The van der Waals surface area contributed by atoms with Crippen LogP contribution >= 0.6 is 0 Å². The lowest BCUT2D eigenvalue weighted by Crippen LogP contribution is -2.26. The standard InChI is InChI=1S/C22H16O6/c1-9-7-15(25)19-13(23)5-3-11(17(19)21(9)27)12-4-6-14(24)20-16(26)8-10(2)22(28)18(12)20/h3-7,10,23-24H,8H2,1-2H3. The van der Waals surface area contributed by atoms with Crippen molar-refractivity contribution in [3.05, 3.63) is 58.2 Å². The van der Waals surface area contributed by atoms with Gasteiger partial charge in [-0.25, -0.2) is 0 Å². The van der Waals surface area contributed by atoms with Gasteiger partial charge in [-0.1, -0.05) is 6.92 Å². The van der Waals surface area contributed by atoms with Gasteiger partial charge in [0, 0.05) is 29.0 Å². The highest BCUT2D eigenvalue weighted by Gasteiger charge is 2.36. The molecule has 0 bridgehead atoms. The molecule has 0 aromatic heterocycles. The largest absolute Gasteiger partial charge is 0.507 e. The van der Waals surface area contributed by atoms with Gasteiger partial charge in [0.05, 0.1) is 11.1 Å². The third-order valence-electron chi connectivity index (χ3n) is 5.30. The summed E-state index contributed by atoms with van der Waals surface area (Å²) in [6, 6.07) is 5.48. The first kappa shape index (κ1) is 17.9. The van der Waals surface area contributed by atoms with E-state index in [0.717, 1.165) is 6.08 Å². The minimum atomic E-state index is -0.563. The lowest BCUT2D eigenvalue weighted by atomic mass is 9.76. The fourth-order valence-corrected chi connectivity index (χ4v) is 3.91. The van der Waals surface area contributed by atoms with Crippen LogP contribution in [-0.4, -0.2) is 33.3 Å². The van der Waals surface area contributed by atoms with E-state index in [2.05, 4.69) is 0 Å². The number of carbonyl (C=O) groups excluding carboxylic acids is 4. The van der Waals surface area contributed by atoms with Gasteiger partial charge in [-0.15, -0.1) is 0 Å². The van der Waals surface area contributed by atoms with Crippen molar-refractivity contribution in [2.75, 3.05) is 0 Å². The first-order valence-corrected chi connectivity index (χ1v) is 8.79. The Balaban J connectivity index is 2.10. The summed E-state index contributed by atoms with van der Waals surface area (Å²) < 4.78 is 0. The fourth-order valence-electron chi connectivity index (χ4n) is 3.91. The number of ketones is 4. The molecule has 2 aliphatic carbocycles. The Morgan fingerprint density at radius 2 is 1.39 bits per heavy atom. The molecule has 28 heavy (non-hydrogen) atoms. The Kier molecular flexibility index (Phi) is 3.82. The molecule has 0 saturated carbocycles. The molecule has 0 heterocycles. The molecule has 2 N–H and O–H groups in total. The lowest BCUT2D eigenvalue weighted by molar-refractivity contribution is 0.0833. The topological polar surface area (TPSA) is 109 Å². The number of hydrogen-bond acceptors (Lipinski definition) is 6. The Morgan fingerprint density at radius 1 is 0.821 bits per heavy atom. The van der Waals surface area contributed by atoms with Gasteiger partial charge in [-0.3, -0.25) is 19.2 Å². The summed E-state index contributed by atoms with van der Waals surface area (Å²) in [5, 5.41) is 20.3. The van der Waals surface area contributed by atoms with E-state index in [1.54, 1.807) is 6.92 Å². The van der Waals surface area contributed by atoms with Gasteiger partial charge < -0.3 is 10.2 Å². The lowest BCUT2D eigenvalue weighted by Gasteiger charge is -2.25. The molecule has 2 aromatic carbocycles. The van der Waals surface area contributed by atoms with Gasteiger partial charge in [0.1, 0.15) is 11.5 Å². The third kappa shape index (κ3) is 2.34. The van der Waals surface area contributed by atoms with Crippen LogP contribution in [0.4, 0.5) is 0 Å². The van der Waals surface area contributed by atoms with Crippen LogP contribution in [0.1, 0.15) is 61.7 Å². The second-order valence-electron chi connectivity index (χ2n) is 7.18. The quantitative estimate of drug-likeness (QED) is 0.788. The maximum Gasteiger partial charge on any atom is 0.190 e. The molecule has 2 aliphatic rings. The zero-order valence-electron chi connectivity index (χ0n) is 15.2. The van der Waals surface area contributed by atoms with Crippen LogP contribution in [0.3, 0.4) is 0 Å². The normalized spacial score (nSPS) is 18.6. The number of carbonyl (C=O) groups is 4. The van der Waals surface area contributed by atoms with Gasteiger partial charge in [0.15, 0.2) is 23.1 Å². The number of allylic oxidation sites excluding steroid dienone is 2. The molecule has 0 aliphatic heterocycles. The maximum absolute atomic E-state index is 12.9. The molecule has 6 heteroatoms. The summed E-state index contributed by atoms with van der Waals surface area (Å²) in [6.45, 7) is 3.13. The summed E-state index contributed by atoms with van der Waals surface area (Å²) in [6.07, 6.45) is 1.16. The molecule has 4 rings (SSSR count). The Labute approximate surface area is 160 Å². The van der Waals surface area contributed by atoms with Crippen LogP contribution in [0, 0.1) is 5.92 Å². The minimum absolute atomic E-state index is 0.00337. The Bertz CT molecular complexity index is 1150. The summed E-state index contributed by atoms with van der Waals surface area (Å²) in [5.74, 6) is -2.80. The van der Waals surface area contributed by atoms with Gasteiger partial charge in [-0.2, -0.15) is 0 Å². The van der Waals surface area contributed by atoms with Crippen molar-refractivity contribution >= 4 is 23.1 Å². The van der Waals surface area contributed by atoms with Gasteiger partial charge >= 0.3 is 0 Å². The van der Waals surface area contributed by atoms with E-state index >= 15 is 0 Å². The number of aromatic hydroxyl groups is 2. The molecule has 1 unspecified atom stereocenters. The van der Waals surface area contributed by atoms with Crippen molar-refractivity contribution in [1.82, 2.24) is 0 Å². The van der Waals surface area contributed by atoms with Crippen LogP contribution in [0.25, 0.3) is 11.1 Å². The molecule has 0 fully saturated rings. The number of phenols is 2. The predicted octanol–water partition coefficient (Wildman–Crippen LogP) is 3.50. The number of rotatable bonds is 1. The smallest absolute Gasteiger partial charge is 0.190 e. The summed E-state index contributed by atoms with van der Waals surface area (Å²) >= 11 is 0. The molecule has 6 nitrogen and oxygen atoms in total. The van der Waals surface area contributed by atoms with Crippen molar-refractivity contribution in [2.45, 2.75) is 20.3 Å². The Morgan fingerprint density at radius 3 is 2.04 bits per heavy atom. The van der Waals surface area contributed by atoms with E-state index in [1.807, 2.05) is 0 Å². The van der Waals surface area contributed by atoms with Crippen molar-refractivity contribution in [3.8, 4) is 22.6 Å². The van der Waals surface area contributed by atoms with Crippen molar-refractivity contribution < 1.29 is 29.4 Å². The van der Waals surface area contributed by atoms with E-state index in [1.165, 1.54) is 31.2 Å². The van der Waals surface area contributed by atoms with E-state index in [9.17, 15) is 29.4 Å². The number of benzene rings is 2. The van der Waals surface area contributed by atoms with Crippen LogP contribution < -0.4 is 0 Å². The van der Waals surface area contributed by atoms with Gasteiger partial charge in [-0.05, 0) is 48.4 Å². The Hall–Kier alpha value is -3.54. The monoisotopic (exact) mass is 376 g/mol. The van der Waals surface area contributed by atoms with E-state index < -0.39 is 17.5 Å². The van der Waals surface area contributed by atoms with Crippen molar-refractivity contribution in [3.63, 3.8) is 0 Å². The third-order valence-corrected chi connectivity index (χ3v) is 5.30. The van der Waals surface area contributed by atoms with Gasteiger partial charge in [0.2, 0.25) is 0 Å². The van der Waals surface area contributed by atoms with Crippen LogP contribution in [0.2, 0.25) is 0 Å². The molecular formula is C22H16O6. The summed E-state index contributed by atoms with van der Waals surface area (Å²) in [4.78, 5) is 50.6. The van der Waals surface area contributed by atoms with Crippen molar-refractivity contribution in [1.29, 1.82) is 0 Å². The molecule has 0 radical (unpaired) electrons. The van der Waals surface area contributed by atoms with E-state index in [4.69, 9.17) is 0 Å². The SMILES string of the molecule is CC1=CC(=O)c2c(O)ccc(-c3ccc(O)c4c3C(=O)C(C)CC4=O)c2C1=O. The first-order chi connectivity index (χ1) is 13.2. The van der Waals surface area contributed by atoms with Crippen molar-refractivity contribution in [2.24, 2.45) is 5.92 Å². The summed E-state index contributed by atoms with van der Waals surface area (Å²) in [5.41, 5.74) is 0.616. The highest BCUT2D eigenvalue weighted by molar-refractivity contribution is 6.28. The summed E-state index contributed by atoms with van der Waals surface area (Å²) in [7, 11) is 0. The zero-order valence-corrected chi connectivity index (χ0v) is 15.2. The second-order valence-corrected chi connectivity index (χ2v) is 7.18. The van der Waals surface area contributed by atoms with Gasteiger partial charge in [0.25, 0.3) is 0 Å². The zero-order chi connectivity index (χ0) is 20.3. The molecule has 0 saturated heterocycles. The molecule has 0 amide bonds. The average molecular weight is 376 g/mol. The second kappa shape index (κ2) is 5.99. The van der Waals surface area contributed by atoms with Crippen LogP contribution in [0.5, 0.6) is 11.5 Å². The maximum atomic E-state index is 12.9. The molecule has 0 spiro atoms.